The molecule has 0 amide bonds. The first kappa shape index (κ1) is 18.2. The van der Waals surface area contributed by atoms with E-state index >= 15 is 0 Å². The number of rotatable bonds is 5. The number of nitriles is 1. The SMILES string of the molecule is CC(C)(C)[Si](C)(C)OCCCn1cc(Br)c2cc(C#N)ccc21. The molecule has 124 valence electrons. The van der Waals surface area contributed by atoms with E-state index in [9.17, 15) is 0 Å². The third-order valence-electron chi connectivity index (χ3n) is 4.77. The van der Waals surface area contributed by atoms with Gasteiger partial charge in [-0.15, -0.1) is 0 Å². The van der Waals surface area contributed by atoms with Crippen LogP contribution in [0.3, 0.4) is 0 Å². The Bertz CT molecular complexity index is 738. The predicted molar refractivity (Wildman–Crippen MR) is 102 cm³/mol. The van der Waals surface area contributed by atoms with Crippen molar-refractivity contribution in [3.63, 3.8) is 0 Å². The number of nitrogens with zero attached hydrogens (tertiary/aromatic N) is 2. The van der Waals surface area contributed by atoms with Gasteiger partial charge in [-0.05, 0) is 58.7 Å². The monoisotopic (exact) mass is 392 g/mol. The molecule has 0 fully saturated rings. The van der Waals surface area contributed by atoms with Crippen LogP contribution in [-0.2, 0) is 11.0 Å². The molecule has 23 heavy (non-hydrogen) atoms. The van der Waals surface area contributed by atoms with Crippen molar-refractivity contribution >= 4 is 35.2 Å². The highest BCUT2D eigenvalue weighted by Gasteiger charge is 2.36. The summed E-state index contributed by atoms with van der Waals surface area (Å²) in [6.07, 6.45) is 3.08. The second-order valence-corrected chi connectivity index (χ2v) is 13.1. The van der Waals surface area contributed by atoms with Crippen molar-refractivity contribution in [1.29, 1.82) is 5.26 Å². The second-order valence-electron chi connectivity index (χ2n) is 7.48. The van der Waals surface area contributed by atoms with Gasteiger partial charge in [-0.2, -0.15) is 5.26 Å². The van der Waals surface area contributed by atoms with Crippen LogP contribution in [0, 0.1) is 11.3 Å². The quantitative estimate of drug-likeness (QED) is 0.484. The lowest BCUT2D eigenvalue weighted by atomic mass is 10.2. The summed E-state index contributed by atoms with van der Waals surface area (Å²) in [5, 5.41) is 10.4. The molecule has 2 rings (SSSR count). The Morgan fingerprint density at radius 1 is 1.30 bits per heavy atom. The summed E-state index contributed by atoms with van der Waals surface area (Å²) in [4.78, 5) is 0. The predicted octanol–water partition coefficient (Wildman–Crippen LogP) is 5.69. The van der Waals surface area contributed by atoms with Gasteiger partial charge >= 0.3 is 0 Å². The number of aryl methyl sites for hydroxylation is 1. The average Bonchev–Trinajstić information content (AvgIpc) is 2.78. The van der Waals surface area contributed by atoms with Gasteiger partial charge in [-0.1, -0.05) is 20.8 Å². The van der Waals surface area contributed by atoms with E-state index in [-0.39, 0.29) is 5.04 Å². The summed E-state index contributed by atoms with van der Waals surface area (Å²) in [5.74, 6) is 0. The van der Waals surface area contributed by atoms with E-state index in [0.29, 0.717) is 5.56 Å². The molecule has 2 aromatic rings. The Kier molecular flexibility index (Phi) is 5.39. The van der Waals surface area contributed by atoms with E-state index in [1.165, 1.54) is 0 Å². The van der Waals surface area contributed by atoms with Crippen molar-refractivity contribution in [3.8, 4) is 6.07 Å². The van der Waals surface area contributed by atoms with Gasteiger partial charge in [-0.25, -0.2) is 0 Å². The molecule has 0 aliphatic rings. The van der Waals surface area contributed by atoms with Gasteiger partial charge in [0, 0.05) is 34.7 Å². The van der Waals surface area contributed by atoms with Gasteiger partial charge in [0.05, 0.1) is 11.6 Å². The third-order valence-corrected chi connectivity index (χ3v) is 9.94. The van der Waals surface area contributed by atoms with E-state index in [0.717, 1.165) is 34.9 Å². The zero-order chi connectivity index (χ0) is 17.3. The molecule has 0 saturated carbocycles. The maximum atomic E-state index is 9.03. The molecule has 0 aliphatic heterocycles. The molecule has 1 aromatic heterocycles. The van der Waals surface area contributed by atoms with Gasteiger partial charge in [0.25, 0.3) is 0 Å². The van der Waals surface area contributed by atoms with Gasteiger partial charge in [0.2, 0.25) is 0 Å². The molecule has 0 spiro atoms. The molecule has 0 aliphatic carbocycles. The Morgan fingerprint density at radius 3 is 2.61 bits per heavy atom. The van der Waals surface area contributed by atoms with Crippen molar-refractivity contribution in [1.82, 2.24) is 4.57 Å². The summed E-state index contributed by atoms with van der Waals surface area (Å²) in [5.41, 5.74) is 1.85. The molecule has 0 saturated heterocycles. The highest BCUT2D eigenvalue weighted by Crippen LogP contribution is 2.36. The molecule has 1 heterocycles. The lowest BCUT2D eigenvalue weighted by molar-refractivity contribution is 0.275. The Balaban J connectivity index is 2.02. The Morgan fingerprint density at radius 2 is 2.00 bits per heavy atom. The van der Waals surface area contributed by atoms with Crippen molar-refractivity contribution in [3.05, 3.63) is 34.4 Å². The fourth-order valence-electron chi connectivity index (χ4n) is 2.29. The fraction of sp³-hybridized carbons (Fsp3) is 0.500. The van der Waals surface area contributed by atoms with Crippen LogP contribution in [0.1, 0.15) is 32.8 Å². The van der Waals surface area contributed by atoms with Gasteiger partial charge < -0.3 is 8.99 Å². The zero-order valence-corrected chi connectivity index (χ0v) is 17.2. The largest absolute Gasteiger partial charge is 0.417 e. The van der Waals surface area contributed by atoms with Gasteiger partial charge in [0.1, 0.15) is 0 Å². The highest BCUT2D eigenvalue weighted by atomic mass is 79.9. The van der Waals surface area contributed by atoms with Crippen LogP contribution in [0.5, 0.6) is 0 Å². The molecule has 5 heteroatoms. The van der Waals surface area contributed by atoms with E-state index < -0.39 is 8.32 Å². The standard InChI is InChI=1S/C18H25BrN2OSi/c1-18(2,3)23(4,5)22-10-6-9-21-13-16(19)15-11-14(12-20)7-8-17(15)21/h7-8,11,13H,6,9-10H2,1-5H3. The van der Waals surface area contributed by atoms with Crippen LogP contribution in [0.15, 0.2) is 28.9 Å². The minimum Gasteiger partial charge on any atom is -0.417 e. The van der Waals surface area contributed by atoms with Crippen LogP contribution in [0.2, 0.25) is 18.1 Å². The van der Waals surface area contributed by atoms with Gasteiger partial charge in [-0.3, -0.25) is 0 Å². The van der Waals surface area contributed by atoms with E-state index in [4.69, 9.17) is 9.69 Å². The van der Waals surface area contributed by atoms with Crippen LogP contribution >= 0.6 is 15.9 Å². The molecular weight excluding hydrogens is 368 g/mol. The first-order chi connectivity index (χ1) is 10.7. The molecule has 0 N–H and O–H groups in total. The Hall–Kier alpha value is -1.09. The van der Waals surface area contributed by atoms with Crippen molar-refractivity contribution in [2.45, 2.75) is 51.9 Å². The molecule has 0 atom stereocenters. The number of fused-ring (bicyclic) bond motifs is 1. The highest BCUT2D eigenvalue weighted by molar-refractivity contribution is 9.10. The van der Waals surface area contributed by atoms with Crippen LogP contribution in [0.25, 0.3) is 10.9 Å². The van der Waals surface area contributed by atoms with E-state index in [2.05, 4.69) is 66.6 Å². The van der Waals surface area contributed by atoms with Gasteiger partial charge in [0.15, 0.2) is 8.32 Å². The first-order valence-corrected chi connectivity index (χ1v) is 11.7. The van der Waals surface area contributed by atoms with Crippen molar-refractivity contribution < 1.29 is 4.43 Å². The fourth-order valence-corrected chi connectivity index (χ4v) is 3.94. The average molecular weight is 393 g/mol. The summed E-state index contributed by atoms with van der Waals surface area (Å²) in [6, 6.07) is 8.02. The topological polar surface area (TPSA) is 38.0 Å². The molecule has 0 radical (unpaired) electrons. The van der Waals surface area contributed by atoms with Crippen molar-refractivity contribution in [2.75, 3.05) is 6.61 Å². The molecule has 1 aromatic carbocycles. The smallest absolute Gasteiger partial charge is 0.191 e. The zero-order valence-electron chi connectivity index (χ0n) is 14.6. The van der Waals surface area contributed by atoms with Crippen LogP contribution in [-0.4, -0.2) is 19.5 Å². The second kappa shape index (κ2) is 6.80. The minimum absolute atomic E-state index is 0.254. The van der Waals surface area contributed by atoms with E-state index in [1.807, 2.05) is 18.2 Å². The number of aromatic nitrogens is 1. The summed E-state index contributed by atoms with van der Waals surface area (Å²) in [7, 11) is -1.66. The van der Waals surface area contributed by atoms with Crippen LogP contribution in [0.4, 0.5) is 0 Å². The van der Waals surface area contributed by atoms with Crippen LogP contribution < -0.4 is 0 Å². The number of benzene rings is 1. The first-order valence-electron chi connectivity index (χ1n) is 7.98. The maximum absolute atomic E-state index is 9.03. The maximum Gasteiger partial charge on any atom is 0.191 e. The number of halogens is 1. The third kappa shape index (κ3) is 4.06. The number of hydrogen-bond acceptors (Lipinski definition) is 2. The normalized spacial score (nSPS) is 12.6. The molecule has 0 bridgehead atoms. The lowest BCUT2D eigenvalue weighted by Crippen LogP contribution is -2.41. The summed E-state index contributed by atoms with van der Waals surface area (Å²) >= 11 is 3.59. The molecule has 3 nitrogen and oxygen atoms in total. The summed E-state index contributed by atoms with van der Waals surface area (Å²) < 4.78 is 9.51. The lowest BCUT2D eigenvalue weighted by Gasteiger charge is -2.36. The van der Waals surface area contributed by atoms with E-state index in [1.54, 1.807) is 0 Å². The molecular formula is C18H25BrN2OSi. The Labute approximate surface area is 148 Å². The van der Waals surface area contributed by atoms with Crippen molar-refractivity contribution in [2.24, 2.45) is 0 Å². The minimum atomic E-state index is -1.66. The summed E-state index contributed by atoms with van der Waals surface area (Å²) in [6.45, 7) is 13.1. The molecule has 0 unspecified atom stereocenters. The number of hydrogen-bond donors (Lipinski definition) is 0.